The lowest BCUT2D eigenvalue weighted by molar-refractivity contribution is -0.137. The largest absolute Gasteiger partial charge is 0.481 e. The van der Waals surface area contributed by atoms with Gasteiger partial charge in [0.2, 0.25) is 0 Å². The minimum Gasteiger partial charge on any atom is -0.481 e. The number of hydrogen-bond donors (Lipinski definition) is 2. The molecule has 0 amide bonds. The highest BCUT2D eigenvalue weighted by molar-refractivity contribution is 5.85. The summed E-state index contributed by atoms with van der Waals surface area (Å²) < 4.78 is 0. The molecule has 0 aromatic heterocycles. The molecule has 120 valence electrons. The van der Waals surface area contributed by atoms with Crippen molar-refractivity contribution < 1.29 is 24.6 Å². The third-order valence-corrected chi connectivity index (χ3v) is 4.32. The maximum absolute atomic E-state index is 11.8. The van der Waals surface area contributed by atoms with Gasteiger partial charge in [0.05, 0.1) is 6.10 Å². The summed E-state index contributed by atoms with van der Waals surface area (Å²) >= 11 is 0. The van der Waals surface area contributed by atoms with Crippen LogP contribution in [0.3, 0.4) is 0 Å². The van der Waals surface area contributed by atoms with Gasteiger partial charge >= 0.3 is 5.97 Å². The molecule has 0 aromatic rings. The third-order valence-electron chi connectivity index (χ3n) is 4.32. The molecule has 0 aromatic carbocycles. The van der Waals surface area contributed by atoms with Gasteiger partial charge in [0.15, 0.2) is 0 Å². The lowest BCUT2D eigenvalue weighted by atomic mass is 9.86. The van der Waals surface area contributed by atoms with E-state index in [-0.39, 0.29) is 36.7 Å². The van der Waals surface area contributed by atoms with Crippen molar-refractivity contribution >= 4 is 17.5 Å². The molecule has 0 heterocycles. The molecule has 3 atom stereocenters. The summed E-state index contributed by atoms with van der Waals surface area (Å²) in [7, 11) is 0. The topological polar surface area (TPSA) is 91.7 Å². The van der Waals surface area contributed by atoms with Crippen molar-refractivity contribution in [3.8, 4) is 0 Å². The minimum atomic E-state index is -0.932. The first-order chi connectivity index (χ1) is 9.95. The van der Waals surface area contributed by atoms with Gasteiger partial charge in [-0.05, 0) is 25.2 Å². The number of aliphatic hydroxyl groups excluding tert-OH is 1. The Morgan fingerprint density at radius 1 is 1.14 bits per heavy atom. The Balaban J connectivity index is 2.43. The second kappa shape index (κ2) is 8.93. The van der Waals surface area contributed by atoms with E-state index < -0.39 is 18.0 Å². The molecule has 0 radical (unpaired) electrons. The van der Waals surface area contributed by atoms with Crippen LogP contribution in [0.1, 0.15) is 64.7 Å². The number of carbonyl (C=O) groups is 3. The van der Waals surface area contributed by atoms with Gasteiger partial charge in [0.25, 0.3) is 0 Å². The summed E-state index contributed by atoms with van der Waals surface area (Å²) in [6.07, 6.45) is 4.00. The van der Waals surface area contributed by atoms with E-state index in [0.29, 0.717) is 19.3 Å². The van der Waals surface area contributed by atoms with Crippen LogP contribution in [0.25, 0.3) is 0 Å². The lowest BCUT2D eigenvalue weighted by Crippen LogP contribution is -2.22. The maximum atomic E-state index is 11.8. The Morgan fingerprint density at radius 3 is 2.48 bits per heavy atom. The van der Waals surface area contributed by atoms with Crippen molar-refractivity contribution in [2.45, 2.75) is 70.8 Å². The van der Waals surface area contributed by atoms with Crippen molar-refractivity contribution in [2.24, 2.45) is 11.8 Å². The van der Waals surface area contributed by atoms with E-state index in [2.05, 4.69) is 6.92 Å². The van der Waals surface area contributed by atoms with Crippen LogP contribution in [0.15, 0.2) is 0 Å². The number of rotatable bonds is 10. The molecule has 0 bridgehead atoms. The fourth-order valence-corrected chi connectivity index (χ4v) is 3.09. The number of Topliss-reactive ketones (excluding diaryl/α,β-unsaturated/α-hetero) is 2. The zero-order chi connectivity index (χ0) is 15.8. The number of aliphatic hydroxyl groups is 1. The number of carboxylic acids is 1. The molecule has 1 saturated carbocycles. The summed E-state index contributed by atoms with van der Waals surface area (Å²) in [6.45, 7) is 2.08. The van der Waals surface area contributed by atoms with Crippen LogP contribution < -0.4 is 0 Å². The highest BCUT2D eigenvalue weighted by atomic mass is 16.4. The smallest absolute Gasteiger partial charge is 0.303 e. The Morgan fingerprint density at radius 2 is 1.86 bits per heavy atom. The quantitative estimate of drug-likeness (QED) is 0.604. The molecule has 0 spiro atoms. The van der Waals surface area contributed by atoms with Crippen LogP contribution in [0.5, 0.6) is 0 Å². The van der Waals surface area contributed by atoms with E-state index in [1.54, 1.807) is 0 Å². The highest BCUT2D eigenvalue weighted by Crippen LogP contribution is 2.35. The average molecular weight is 298 g/mol. The van der Waals surface area contributed by atoms with E-state index >= 15 is 0 Å². The van der Waals surface area contributed by atoms with Gasteiger partial charge in [-0.2, -0.15) is 0 Å². The van der Waals surface area contributed by atoms with Gasteiger partial charge in [-0.3, -0.25) is 14.4 Å². The standard InChI is InChI=1S/C16H26O5/c1-2-3-4-5-11(17)6-7-12-13(8-9-16(20)21)15(19)10-14(12)18/h12-14,18H,2-10H2,1H3,(H,20,21)/t12-,13+,14-/m1/s1. The summed E-state index contributed by atoms with van der Waals surface area (Å²) in [5.74, 6) is -1.48. The van der Waals surface area contributed by atoms with Gasteiger partial charge in [-0.15, -0.1) is 0 Å². The van der Waals surface area contributed by atoms with Gasteiger partial charge in [-0.1, -0.05) is 19.8 Å². The molecule has 0 saturated heterocycles. The van der Waals surface area contributed by atoms with Crippen molar-refractivity contribution in [2.75, 3.05) is 0 Å². The van der Waals surface area contributed by atoms with E-state index in [4.69, 9.17) is 5.11 Å². The fourth-order valence-electron chi connectivity index (χ4n) is 3.09. The van der Waals surface area contributed by atoms with Crippen LogP contribution in [-0.4, -0.2) is 33.9 Å². The van der Waals surface area contributed by atoms with Gasteiger partial charge in [0, 0.05) is 31.6 Å². The molecule has 0 unspecified atom stereocenters. The van der Waals surface area contributed by atoms with E-state index in [1.165, 1.54) is 0 Å². The zero-order valence-electron chi connectivity index (χ0n) is 12.7. The second-order valence-electron chi connectivity index (χ2n) is 5.98. The number of ketones is 2. The summed E-state index contributed by atoms with van der Waals surface area (Å²) in [4.78, 5) is 34.2. The molecule has 2 N–H and O–H groups in total. The van der Waals surface area contributed by atoms with Gasteiger partial charge in [0.1, 0.15) is 11.6 Å². The van der Waals surface area contributed by atoms with Crippen LogP contribution in [0.4, 0.5) is 0 Å². The second-order valence-corrected chi connectivity index (χ2v) is 5.98. The first kappa shape index (κ1) is 17.8. The molecule has 1 aliphatic rings. The van der Waals surface area contributed by atoms with E-state index in [0.717, 1.165) is 19.3 Å². The van der Waals surface area contributed by atoms with Crippen molar-refractivity contribution in [1.29, 1.82) is 0 Å². The first-order valence-corrected chi connectivity index (χ1v) is 7.90. The minimum absolute atomic E-state index is 0.0628. The highest BCUT2D eigenvalue weighted by Gasteiger charge is 2.41. The maximum Gasteiger partial charge on any atom is 0.303 e. The number of hydrogen-bond acceptors (Lipinski definition) is 4. The van der Waals surface area contributed by atoms with Crippen molar-refractivity contribution in [3.63, 3.8) is 0 Å². The average Bonchev–Trinajstić information content (AvgIpc) is 2.68. The molecule has 1 aliphatic carbocycles. The summed E-state index contributed by atoms with van der Waals surface area (Å²) in [5.41, 5.74) is 0. The lowest BCUT2D eigenvalue weighted by Gasteiger charge is -2.20. The Kier molecular flexibility index (Phi) is 7.57. The number of carboxylic acid groups (broad SMARTS) is 1. The van der Waals surface area contributed by atoms with Crippen LogP contribution in [0, 0.1) is 11.8 Å². The molecule has 1 rings (SSSR count). The van der Waals surface area contributed by atoms with Gasteiger partial charge in [-0.25, -0.2) is 0 Å². The molecule has 0 aliphatic heterocycles. The third kappa shape index (κ3) is 5.96. The monoisotopic (exact) mass is 298 g/mol. The fraction of sp³-hybridized carbons (Fsp3) is 0.812. The van der Waals surface area contributed by atoms with Crippen molar-refractivity contribution in [3.05, 3.63) is 0 Å². The number of unbranched alkanes of at least 4 members (excludes halogenated alkanes) is 2. The molecule has 21 heavy (non-hydrogen) atoms. The zero-order valence-corrected chi connectivity index (χ0v) is 12.7. The van der Waals surface area contributed by atoms with Crippen LogP contribution >= 0.6 is 0 Å². The first-order valence-electron chi connectivity index (χ1n) is 7.90. The summed E-state index contributed by atoms with van der Waals surface area (Å²) in [6, 6.07) is 0. The van der Waals surface area contributed by atoms with Gasteiger partial charge < -0.3 is 10.2 Å². The van der Waals surface area contributed by atoms with Crippen LogP contribution in [0.2, 0.25) is 0 Å². The Hall–Kier alpha value is -1.23. The summed E-state index contributed by atoms with van der Waals surface area (Å²) in [5, 5.41) is 18.7. The number of carbonyl (C=O) groups excluding carboxylic acids is 2. The predicted octanol–water partition coefficient (Wildman–Crippen LogP) is 2.35. The molecular weight excluding hydrogens is 272 g/mol. The molecule has 1 fully saturated rings. The molecule has 5 heteroatoms. The Labute approximate surface area is 125 Å². The number of aliphatic carboxylic acids is 1. The van der Waals surface area contributed by atoms with Crippen LogP contribution in [-0.2, 0) is 14.4 Å². The van der Waals surface area contributed by atoms with E-state index in [9.17, 15) is 19.5 Å². The normalized spacial score (nSPS) is 25.2. The SMILES string of the molecule is CCCCCC(=O)CC[C@H]1[C@H](O)CC(=O)[C@H]1CCC(=O)O. The Bertz CT molecular complexity index is 377. The molecular formula is C16H26O5. The van der Waals surface area contributed by atoms with Crippen molar-refractivity contribution in [1.82, 2.24) is 0 Å². The van der Waals surface area contributed by atoms with E-state index in [1.807, 2.05) is 0 Å². The molecule has 5 nitrogen and oxygen atoms in total. The predicted molar refractivity (Wildman–Crippen MR) is 77.9 cm³/mol.